The molecule has 0 amide bonds. The van der Waals surface area contributed by atoms with E-state index in [1.807, 2.05) is 12.3 Å². The molecule has 1 aromatic carbocycles. The Morgan fingerprint density at radius 1 is 1.00 bits per heavy atom. The smallest absolute Gasteiger partial charge is 0.222 e. The predicted octanol–water partition coefficient (Wildman–Crippen LogP) is 2.97. The lowest BCUT2D eigenvalue weighted by Crippen LogP contribution is -2.03. The van der Waals surface area contributed by atoms with Crippen molar-refractivity contribution in [3.63, 3.8) is 0 Å². The maximum atomic E-state index is 5.84. The van der Waals surface area contributed by atoms with Crippen LogP contribution in [0.25, 0.3) is 33.7 Å². The molecule has 0 bridgehead atoms. The molecule has 7 heteroatoms. The number of aromatic nitrogens is 5. The Bertz CT molecular complexity index is 1140. The van der Waals surface area contributed by atoms with Crippen LogP contribution in [0.5, 0.6) is 0 Å². The van der Waals surface area contributed by atoms with Crippen LogP contribution >= 0.6 is 0 Å². The largest absolute Gasteiger partial charge is 0.368 e. The first-order valence-corrected chi connectivity index (χ1v) is 9.49. The number of pyridine rings is 1. The lowest BCUT2D eigenvalue weighted by molar-refractivity contribution is 0.766. The van der Waals surface area contributed by atoms with Crippen LogP contribution in [0, 0.1) is 0 Å². The minimum absolute atomic E-state index is 0.270. The van der Waals surface area contributed by atoms with E-state index < -0.39 is 0 Å². The molecule has 0 radical (unpaired) electrons. The highest BCUT2D eigenvalue weighted by molar-refractivity contribution is 5.85. The third kappa shape index (κ3) is 2.90. The number of benzene rings is 1. The van der Waals surface area contributed by atoms with E-state index >= 15 is 0 Å². The molecular weight excluding hydrogens is 350 g/mol. The average Bonchev–Trinajstić information content (AvgIpc) is 3.49. The Labute approximate surface area is 162 Å². The second-order valence-electron chi connectivity index (χ2n) is 7.13. The Balaban J connectivity index is 1.68. The molecule has 0 saturated heterocycles. The van der Waals surface area contributed by atoms with E-state index in [0.717, 1.165) is 52.9 Å². The second kappa shape index (κ2) is 6.69. The number of nitrogens with zero attached hydrogens (tertiary/aromatic N) is 5. The number of nitrogen functional groups attached to an aromatic ring is 1. The van der Waals surface area contributed by atoms with Gasteiger partial charge in [-0.3, -0.25) is 4.98 Å². The molecule has 3 aromatic heterocycles. The summed E-state index contributed by atoms with van der Waals surface area (Å²) < 4.78 is 2.20. The average molecular weight is 371 g/mol. The van der Waals surface area contributed by atoms with Crippen molar-refractivity contribution in [3.05, 3.63) is 54.5 Å². The van der Waals surface area contributed by atoms with Gasteiger partial charge in [0.2, 0.25) is 5.95 Å². The number of hydrogen-bond acceptors (Lipinski definition) is 6. The maximum Gasteiger partial charge on any atom is 0.222 e. The van der Waals surface area contributed by atoms with Crippen LogP contribution in [0.1, 0.15) is 24.4 Å². The van der Waals surface area contributed by atoms with Crippen LogP contribution in [0.15, 0.2) is 48.9 Å². The molecule has 0 unspecified atom stereocenters. The summed E-state index contributed by atoms with van der Waals surface area (Å²) >= 11 is 0. The number of imidazole rings is 1. The standard InChI is InChI=1S/C21H21N7/c22-9-7-13-1-3-14(4-2-13)17-11-24-10-8-16(17)19-26-18-12-25-21(23)27-20(18)28(19)15-5-6-15/h1-4,8,10-12,15H,5-7,9,22H2,(H2,23,25,27). The third-order valence-electron chi connectivity index (χ3n) is 5.12. The SMILES string of the molecule is NCCc1ccc(-c2cnccc2-c2nc3cnc(N)nc3n2C2CC2)cc1. The van der Waals surface area contributed by atoms with Crippen molar-refractivity contribution < 1.29 is 0 Å². The first-order chi connectivity index (χ1) is 13.7. The van der Waals surface area contributed by atoms with Crippen molar-refractivity contribution in [1.29, 1.82) is 0 Å². The monoisotopic (exact) mass is 371 g/mol. The molecule has 0 spiro atoms. The van der Waals surface area contributed by atoms with Gasteiger partial charge in [-0.05, 0) is 43.0 Å². The molecule has 140 valence electrons. The Morgan fingerprint density at radius 3 is 2.57 bits per heavy atom. The summed E-state index contributed by atoms with van der Waals surface area (Å²) in [6.45, 7) is 0.646. The van der Waals surface area contributed by atoms with Gasteiger partial charge in [-0.15, -0.1) is 0 Å². The lowest BCUT2D eigenvalue weighted by Gasteiger charge is -2.12. The third-order valence-corrected chi connectivity index (χ3v) is 5.12. The van der Waals surface area contributed by atoms with Gasteiger partial charge >= 0.3 is 0 Å². The fraction of sp³-hybridized carbons (Fsp3) is 0.238. The molecule has 0 atom stereocenters. The van der Waals surface area contributed by atoms with E-state index in [9.17, 15) is 0 Å². The molecule has 1 aliphatic rings. The van der Waals surface area contributed by atoms with E-state index in [2.05, 4.69) is 43.8 Å². The van der Waals surface area contributed by atoms with E-state index in [1.54, 1.807) is 12.4 Å². The fourth-order valence-corrected chi connectivity index (χ4v) is 3.61. The Morgan fingerprint density at radius 2 is 1.82 bits per heavy atom. The summed E-state index contributed by atoms with van der Waals surface area (Å²) in [5.41, 5.74) is 17.5. The Hall–Kier alpha value is -3.32. The second-order valence-corrected chi connectivity index (χ2v) is 7.13. The summed E-state index contributed by atoms with van der Waals surface area (Å²) in [6.07, 6.45) is 8.51. The number of hydrogen-bond donors (Lipinski definition) is 2. The molecule has 4 N–H and O–H groups in total. The molecule has 3 heterocycles. The van der Waals surface area contributed by atoms with Crippen LogP contribution < -0.4 is 11.5 Å². The van der Waals surface area contributed by atoms with Gasteiger partial charge in [0.15, 0.2) is 5.65 Å². The van der Waals surface area contributed by atoms with Crippen LogP contribution in [-0.4, -0.2) is 31.0 Å². The zero-order valence-corrected chi connectivity index (χ0v) is 15.4. The highest BCUT2D eigenvalue weighted by Crippen LogP contribution is 2.42. The van der Waals surface area contributed by atoms with Gasteiger partial charge in [0.05, 0.1) is 6.20 Å². The summed E-state index contributed by atoms with van der Waals surface area (Å²) in [6, 6.07) is 10.9. The zero-order chi connectivity index (χ0) is 19.1. The van der Waals surface area contributed by atoms with Gasteiger partial charge in [0.25, 0.3) is 0 Å². The minimum Gasteiger partial charge on any atom is -0.368 e. The lowest BCUT2D eigenvalue weighted by atomic mass is 9.99. The first-order valence-electron chi connectivity index (χ1n) is 9.49. The van der Waals surface area contributed by atoms with Crippen molar-refractivity contribution in [2.24, 2.45) is 5.73 Å². The molecule has 0 aliphatic heterocycles. The molecular formula is C21H21N7. The van der Waals surface area contributed by atoms with Crippen LogP contribution in [0.2, 0.25) is 0 Å². The van der Waals surface area contributed by atoms with Gasteiger partial charge in [0, 0.05) is 29.6 Å². The van der Waals surface area contributed by atoms with Gasteiger partial charge in [0.1, 0.15) is 11.3 Å². The summed E-state index contributed by atoms with van der Waals surface area (Å²) in [5.74, 6) is 1.16. The van der Waals surface area contributed by atoms with Crippen molar-refractivity contribution in [2.75, 3.05) is 12.3 Å². The summed E-state index contributed by atoms with van der Waals surface area (Å²) in [4.78, 5) is 17.8. The van der Waals surface area contributed by atoms with Crippen molar-refractivity contribution in [2.45, 2.75) is 25.3 Å². The predicted molar refractivity (Wildman–Crippen MR) is 109 cm³/mol. The number of fused-ring (bicyclic) bond motifs is 1. The van der Waals surface area contributed by atoms with Crippen molar-refractivity contribution in [3.8, 4) is 22.5 Å². The van der Waals surface area contributed by atoms with Gasteiger partial charge < -0.3 is 16.0 Å². The normalized spacial score (nSPS) is 13.9. The molecule has 5 rings (SSSR count). The van der Waals surface area contributed by atoms with E-state index in [0.29, 0.717) is 12.6 Å². The first kappa shape index (κ1) is 16.8. The minimum atomic E-state index is 0.270. The van der Waals surface area contributed by atoms with Crippen LogP contribution in [0.3, 0.4) is 0 Å². The van der Waals surface area contributed by atoms with Crippen LogP contribution in [-0.2, 0) is 6.42 Å². The summed E-state index contributed by atoms with van der Waals surface area (Å²) in [7, 11) is 0. The zero-order valence-electron chi connectivity index (χ0n) is 15.4. The van der Waals surface area contributed by atoms with Crippen molar-refractivity contribution in [1.82, 2.24) is 24.5 Å². The van der Waals surface area contributed by atoms with E-state index in [-0.39, 0.29) is 5.95 Å². The Kier molecular flexibility index (Phi) is 4.02. The number of rotatable bonds is 5. The number of nitrogens with two attached hydrogens (primary N) is 2. The van der Waals surface area contributed by atoms with Crippen molar-refractivity contribution >= 4 is 17.1 Å². The van der Waals surface area contributed by atoms with Gasteiger partial charge in [-0.1, -0.05) is 24.3 Å². The van der Waals surface area contributed by atoms with Crippen LogP contribution in [0.4, 0.5) is 5.95 Å². The molecule has 1 fully saturated rings. The molecule has 28 heavy (non-hydrogen) atoms. The fourth-order valence-electron chi connectivity index (χ4n) is 3.61. The number of anilines is 1. The maximum absolute atomic E-state index is 5.84. The molecule has 4 aromatic rings. The molecule has 7 nitrogen and oxygen atoms in total. The molecule has 1 saturated carbocycles. The highest BCUT2D eigenvalue weighted by atomic mass is 15.2. The van der Waals surface area contributed by atoms with Gasteiger partial charge in [-0.25, -0.2) is 9.97 Å². The molecule has 1 aliphatic carbocycles. The van der Waals surface area contributed by atoms with E-state index in [4.69, 9.17) is 16.5 Å². The van der Waals surface area contributed by atoms with Gasteiger partial charge in [-0.2, -0.15) is 4.98 Å². The highest BCUT2D eigenvalue weighted by Gasteiger charge is 2.30. The summed E-state index contributed by atoms with van der Waals surface area (Å²) in [5, 5.41) is 0. The van der Waals surface area contributed by atoms with E-state index in [1.165, 1.54) is 5.56 Å². The topological polar surface area (TPSA) is 109 Å². The quantitative estimate of drug-likeness (QED) is 0.558.